The van der Waals surface area contributed by atoms with Gasteiger partial charge in [0.05, 0.1) is 5.02 Å². The van der Waals surface area contributed by atoms with Gasteiger partial charge in [-0.2, -0.15) is 0 Å². The highest BCUT2D eigenvalue weighted by Crippen LogP contribution is 2.45. The third kappa shape index (κ3) is 5.42. The number of rotatable bonds is 6. The van der Waals surface area contributed by atoms with Crippen LogP contribution >= 0.6 is 11.6 Å². The molecule has 5 heteroatoms. The second kappa shape index (κ2) is 12.6. The summed E-state index contributed by atoms with van der Waals surface area (Å²) in [4.78, 5) is 14.8. The van der Waals surface area contributed by atoms with Crippen LogP contribution in [0.15, 0.2) is 174 Å². The lowest BCUT2D eigenvalue weighted by atomic mass is 9.95. The van der Waals surface area contributed by atoms with E-state index in [1.165, 1.54) is 0 Å². The third-order valence-corrected chi connectivity index (χ3v) is 9.31. The van der Waals surface area contributed by atoms with Crippen LogP contribution in [0.5, 0.6) is 0 Å². The highest BCUT2D eigenvalue weighted by atomic mass is 35.5. The lowest BCUT2D eigenvalue weighted by molar-refractivity contribution is 0.671. The Bertz CT molecular complexity index is 2580. The van der Waals surface area contributed by atoms with Crippen LogP contribution in [0, 0.1) is 0 Å². The number of nitrogens with zero attached hydrogens (tertiary/aromatic N) is 3. The Morgan fingerprint density at radius 3 is 1.46 bits per heavy atom. The Balaban J connectivity index is 1.24. The number of aromatic nitrogens is 3. The van der Waals surface area contributed by atoms with E-state index in [4.69, 9.17) is 31.0 Å². The van der Waals surface area contributed by atoms with Crippen molar-refractivity contribution < 1.29 is 4.42 Å². The van der Waals surface area contributed by atoms with Crippen LogP contribution in [0.25, 0.3) is 89.5 Å². The van der Waals surface area contributed by atoms with E-state index in [9.17, 15) is 0 Å². The van der Waals surface area contributed by atoms with Crippen molar-refractivity contribution in [3.05, 3.63) is 175 Å². The Hall–Kier alpha value is -6.36. The Morgan fingerprint density at radius 1 is 0.360 bits per heavy atom. The molecule has 7 aromatic carbocycles. The molecule has 4 nitrogen and oxygen atoms in total. The molecule has 0 saturated carbocycles. The van der Waals surface area contributed by atoms with E-state index in [1.807, 2.05) is 97.1 Å². The number of hydrogen-bond acceptors (Lipinski definition) is 4. The van der Waals surface area contributed by atoms with Crippen LogP contribution in [0.3, 0.4) is 0 Å². The topological polar surface area (TPSA) is 51.8 Å². The maximum atomic E-state index is 7.03. The fourth-order valence-electron chi connectivity index (χ4n) is 6.56. The molecule has 0 aliphatic rings. The van der Waals surface area contributed by atoms with Crippen LogP contribution in [-0.4, -0.2) is 15.0 Å². The molecule has 2 aromatic heterocycles. The van der Waals surface area contributed by atoms with Crippen molar-refractivity contribution in [3.63, 3.8) is 0 Å². The molecule has 0 aliphatic heterocycles. The number of benzene rings is 7. The molecule has 0 saturated heterocycles. The monoisotopic (exact) mass is 661 g/mol. The predicted molar refractivity (Wildman–Crippen MR) is 205 cm³/mol. The molecule has 0 atom stereocenters. The van der Waals surface area contributed by atoms with Crippen LogP contribution < -0.4 is 0 Å². The Kier molecular flexibility index (Phi) is 7.49. The van der Waals surface area contributed by atoms with Gasteiger partial charge in [0.25, 0.3) is 0 Å². The minimum atomic E-state index is 0.591. The van der Waals surface area contributed by atoms with Crippen molar-refractivity contribution in [1.29, 1.82) is 0 Å². The second-order valence-corrected chi connectivity index (χ2v) is 12.6. The molecule has 236 valence electrons. The van der Waals surface area contributed by atoms with Crippen molar-refractivity contribution in [2.24, 2.45) is 0 Å². The molecule has 9 aromatic rings. The van der Waals surface area contributed by atoms with Crippen molar-refractivity contribution in [2.75, 3.05) is 0 Å². The quantitative estimate of drug-likeness (QED) is 0.178. The lowest BCUT2D eigenvalue weighted by Crippen LogP contribution is -2.00. The van der Waals surface area contributed by atoms with Gasteiger partial charge in [0.2, 0.25) is 0 Å². The van der Waals surface area contributed by atoms with Gasteiger partial charge in [0, 0.05) is 38.6 Å². The third-order valence-electron chi connectivity index (χ3n) is 8.99. The van der Waals surface area contributed by atoms with Crippen molar-refractivity contribution in [1.82, 2.24) is 15.0 Å². The van der Waals surface area contributed by atoms with Crippen LogP contribution in [0.2, 0.25) is 5.02 Å². The van der Waals surface area contributed by atoms with Gasteiger partial charge < -0.3 is 4.42 Å². The minimum absolute atomic E-state index is 0.591. The van der Waals surface area contributed by atoms with Gasteiger partial charge in [-0.25, -0.2) is 15.0 Å². The summed E-state index contributed by atoms with van der Waals surface area (Å²) >= 11 is 7.03. The maximum Gasteiger partial charge on any atom is 0.164 e. The van der Waals surface area contributed by atoms with E-state index in [1.54, 1.807) is 0 Å². The number of fused-ring (bicyclic) bond motifs is 3. The molecule has 0 radical (unpaired) electrons. The van der Waals surface area contributed by atoms with Gasteiger partial charge in [-0.15, -0.1) is 0 Å². The standard InChI is InChI=1S/C45H28ClN3O/c46-39-25-24-36(42-40(39)38-28-35(29-14-5-1-6-15-29)27-37(41(38)50-42)30-16-7-2-8-17-30)33-22-13-23-34(26-33)45-48-43(31-18-9-3-10-19-31)47-44(49-45)32-20-11-4-12-21-32/h1-28H. The molecule has 2 heterocycles. The van der Waals surface area contributed by atoms with Gasteiger partial charge >= 0.3 is 0 Å². The summed E-state index contributed by atoms with van der Waals surface area (Å²) in [6, 6.07) is 57.5. The number of hydrogen-bond donors (Lipinski definition) is 0. The number of furan rings is 1. The molecule has 0 spiro atoms. The fourth-order valence-corrected chi connectivity index (χ4v) is 6.81. The van der Waals surface area contributed by atoms with Crippen molar-refractivity contribution >= 4 is 33.5 Å². The predicted octanol–water partition coefficient (Wildman–Crippen LogP) is 12.4. The maximum absolute atomic E-state index is 7.03. The largest absolute Gasteiger partial charge is 0.455 e. The normalized spacial score (nSPS) is 11.3. The van der Waals surface area contributed by atoms with Gasteiger partial charge in [-0.1, -0.05) is 151 Å². The van der Waals surface area contributed by atoms with E-state index >= 15 is 0 Å². The Labute approximate surface area is 294 Å². The SMILES string of the molecule is Clc1ccc(-c2cccc(-c3nc(-c4ccccc4)nc(-c4ccccc4)n3)c2)c2oc3c(-c4ccccc4)cc(-c4ccccc4)cc3c12. The lowest BCUT2D eigenvalue weighted by Gasteiger charge is -2.10. The van der Waals surface area contributed by atoms with Crippen LogP contribution in [0.4, 0.5) is 0 Å². The van der Waals surface area contributed by atoms with Gasteiger partial charge in [-0.3, -0.25) is 0 Å². The van der Waals surface area contributed by atoms with Crippen molar-refractivity contribution in [2.45, 2.75) is 0 Å². The molecule has 50 heavy (non-hydrogen) atoms. The van der Waals surface area contributed by atoms with E-state index in [-0.39, 0.29) is 0 Å². The first-order chi connectivity index (χ1) is 24.7. The average molecular weight is 662 g/mol. The summed E-state index contributed by atoms with van der Waals surface area (Å²) in [6.07, 6.45) is 0. The van der Waals surface area contributed by atoms with Gasteiger partial charge in [0.1, 0.15) is 11.2 Å². The summed E-state index contributed by atoms with van der Waals surface area (Å²) in [5.74, 6) is 1.83. The van der Waals surface area contributed by atoms with E-state index in [0.29, 0.717) is 22.5 Å². The summed E-state index contributed by atoms with van der Waals surface area (Å²) < 4.78 is 6.87. The highest BCUT2D eigenvalue weighted by molar-refractivity contribution is 6.38. The second-order valence-electron chi connectivity index (χ2n) is 12.2. The zero-order valence-electron chi connectivity index (χ0n) is 26.8. The molecule has 0 fully saturated rings. The van der Waals surface area contributed by atoms with Crippen LogP contribution in [-0.2, 0) is 0 Å². The average Bonchev–Trinajstić information content (AvgIpc) is 3.59. The fraction of sp³-hybridized carbons (Fsp3) is 0. The molecule has 0 N–H and O–H groups in total. The first-order valence-electron chi connectivity index (χ1n) is 16.5. The van der Waals surface area contributed by atoms with Gasteiger partial charge in [0.15, 0.2) is 17.5 Å². The smallest absolute Gasteiger partial charge is 0.164 e. The summed E-state index contributed by atoms with van der Waals surface area (Å²) in [5, 5.41) is 2.50. The first kappa shape index (κ1) is 29.8. The Morgan fingerprint density at radius 2 is 0.860 bits per heavy atom. The zero-order chi connectivity index (χ0) is 33.4. The minimum Gasteiger partial charge on any atom is -0.455 e. The van der Waals surface area contributed by atoms with E-state index in [0.717, 1.165) is 72.0 Å². The summed E-state index contributed by atoms with van der Waals surface area (Å²) in [6.45, 7) is 0. The molecule has 0 unspecified atom stereocenters. The first-order valence-corrected chi connectivity index (χ1v) is 16.8. The highest BCUT2D eigenvalue weighted by Gasteiger charge is 2.21. The molecular weight excluding hydrogens is 634 g/mol. The molecule has 0 bridgehead atoms. The molecule has 0 amide bonds. The van der Waals surface area contributed by atoms with Crippen LogP contribution in [0.1, 0.15) is 0 Å². The number of halogens is 1. The van der Waals surface area contributed by atoms with Gasteiger partial charge in [-0.05, 0) is 52.6 Å². The molecular formula is C45H28ClN3O. The molecule has 0 aliphatic carbocycles. The van der Waals surface area contributed by atoms with Crippen molar-refractivity contribution in [3.8, 4) is 67.5 Å². The summed E-state index contributed by atoms with van der Waals surface area (Å²) in [5.41, 5.74) is 10.5. The molecule has 9 rings (SSSR count). The van der Waals surface area contributed by atoms with E-state index < -0.39 is 0 Å². The zero-order valence-corrected chi connectivity index (χ0v) is 27.5. The van der Waals surface area contributed by atoms with E-state index in [2.05, 4.69) is 72.8 Å². The summed E-state index contributed by atoms with van der Waals surface area (Å²) in [7, 11) is 0.